The van der Waals surface area contributed by atoms with E-state index in [1.807, 2.05) is 60.0 Å². The number of carbonyl (C=O) groups is 1. The van der Waals surface area contributed by atoms with E-state index < -0.39 is 5.97 Å². The van der Waals surface area contributed by atoms with E-state index in [9.17, 15) is 9.90 Å². The Kier molecular flexibility index (Phi) is 3.03. The number of carboxylic acids is 1. The summed E-state index contributed by atoms with van der Waals surface area (Å²) in [4.78, 5) is 11.5. The van der Waals surface area contributed by atoms with Crippen molar-refractivity contribution in [1.82, 2.24) is 4.57 Å². The third kappa shape index (κ3) is 2.07. The topological polar surface area (TPSA) is 42.2 Å². The summed E-state index contributed by atoms with van der Waals surface area (Å²) >= 11 is 0. The van der Waals surface area contributed by atoms with Crippen LogP contribution in [-0.4, -0.2) is 15.6 Å². The molecule has 100 valence electrons. The van der Waals surface area contributed by atoms with Crippen LogP contribution in [0.4, 0.5) is 0 Å². The van der Waals surface area contributed by atoms with Gasteiger partial charge in [-0.3, -0.25) is 0 Å². The van der Waals surface area contributed by atoms with Crippen LogP contribution in [0.3, 0.4) is 0 Å². The standard InChI is InChI=1S/C17H15NO2/c1-12-6-5-9-15-14(12)10-16(17(19)20)18(15)11-13-7-3-2-4-8-13/h2-10H,11H2,1H3,(H,19,20). The van der Waals surface area contributed by atoms with Gasteiger partial charge in [0.05, 0.1) is 0 Å². The molecule has 0 aliphatic rings. The number of aromatic carboxylic acids is 1. The summed E-state index contributed by atoms with van der Waals surface area (Å²) < 4.78 is 1.86. The first-order valence-corrected chi connectivity index (χ1v) is 6.53. The van der Waals surface area contributed by atoms with Gasteiger partial charge in [-0.15, -0.1) is 0 Å². The van der Waals surface area contributed by atoms with Crippen LogP contribution in [0, 0.1) is 6.92 Å². The monoisotopic (exact) mass is 265 g/mol. The third-order valence-corrected chi connectivity index (χ3v) is 3.57. The van der Waals surface area contributed by atoms with Crippen LogP contribution >= 0.6 is 0 Å². The Bertz CT molecular complexity index is 772. The molecule has 0 spiro atoms. The number of benzene rings is 2. The largest absolute Gasteiger partial charge is 0.477 e. The molecule has 1 N–H and O–H groups in total. The molecule has 0 aliphatic carbocycles. The molecular formula is C17H15NO2. The van der Waals surface area contributed by atoms with Crippen molar-refractivity contribution in [3.63, 3.8) is 0 Å². The minimum absolute atomic E-state index is 0.332. The third-order valence-electron chi connectivity index (χ3n) is 3.57. The van der Waals surface area contributed by atoms with Crippen LogP contribution in [-0.2, 0) is 6.54 Å². The molecule has 0 unspecified atom stereocenters. The zero-order valence-corrected chi connectivity index (χ0v) is 11.2. The Balaban J connectivity index is 2.19. The van der Waals surface area contributed by atoms with Gasteiger partial charge in [-0.1, -0.05) is 42.5 Å². The van der Waals surface area contributed by atoms with Gasteiger partial charge >= 0.3 is 5.97 Å². The number of fused-ring (bicyclic) bond motifs is 1. The lowest BCUT2D eigenvalue weighted by atomic mass is 10.1. The summed E-state index contributed by atoms with van der Waals surface area (Å²) in [6, 6.07) is 17.6. The average molecular weight is 265 g/mol. The van der Waals surface area contributed by atoms with Crippen LogP contribution in [0.25, 0.3) is 10.9 Å². The molecule has 0 aliphatic heterocycles. The number of aromatic nitrogens is 1. The van der Waals surface area contributed by atoms with Crippen molar-refractivity contribution in [2.24, 2.45) is 0 Å². The van der Waals surface area contributed by atoms with E-state index in [-0.39, 0.29) is 0 Å². The minimum Gasteiger partial charge on any atom is -0.477 e. The van der Waals surface area contributed by atoms with E-state index in [1.165, 1.54) is 0 Å². The first-order valence-electron chi connectivity index (χ1n) is 6.53. The van der Waals surface area contributed by atoms with Gasteiger partial charge in [-0.05, 0) is 30.2 Å². The first kappa shape index (κ1) is 12.5. The molecule has 0 saturated carbocycles. The lowest BCUT2D eigenvalue weighted by Gasteiger charge is -2.08. The Labute approximate surface area is 117 Å². The van der Waals surface area contributed by atoms with E-state index in [1.54, 1.807) is 6.07 Å². The number of nitrogens with zero attached hydrogens (tertiary/aromatic N) is 1. The Hall–Kier alpha value is -2.55. The highest BCUT2D eigenvalue weighted by Gasteiger charge is 2.15. The Morgan fingerprint density at radius 1 is 1.10 bits per heavy atom. The summed E-state index contributed by atoms with van der Waals surface area (Å²) in [5.74, 6) is -0.892. The predicted octanol–water partition coefficient (Wildman–Crippen LogP) is 3.70. The van der Waals surface area contributed by atoms with Gasteiger partial charge in [-0.25, -0.2) is 4.79 Å². The van der Waals surface area contributed by atoms with E-state index >= 15 is 0 Å². The van der Waals surface area contributed by atoms with Crippen LogP contribution < -0.4 is 0 Å². The number of rotatable bonds is 3. The Morgan fingerprint density at radius 3 is 2.55 bits per heavy atom. The van der Waals surface area contributed by atoms with Crippen molar-refractivity contribution in [3.05, 3.63) is 71.4 Å². The number of carboxylic acid groups (broad SMARTS) is 1. The highest BCUT2D eigenvalue weighted by Crippen LogP contribution is 2.24. The van der Waals surface area contributed by atoms with E-state index in [0.29, 0.717) is 12.2 Å². The second-order valence-corrected chi connectivity index (χ2v) is 4.91. The van der Waals surface area contributed by atoms with Gasteiger partial charge < -0.3 is 9.67 Å². The molecule has 0 radical (unpaired) electrons. The lowest BCUT2D eigenvalue weighted by Crippen LogP contribution is -2.09. The molecule has 0 saturated heterocycles. The van der Waals surface area contributed by atoms with Crippen LogP contribution in [0.5, 0.6) is 0 Å². The van der Waals surface area contributed by atoms with Crippen molar-refractivity contribution in [3.8, 4) is 0 Å². The summed E-state index contributed by atoms with van der Waals surface area (Å²) in [5, 5.41) is 10.4. The maximum Gasteiger partial charge on any atom is 0.352 e. The number of hydrogen-bond acceptors (Lipinski definition) is 1. The molecule has 0 bridgehead atoms. The quantitative estimate of drug-likeness (QED) is 0.784. The van der Waals surface area contributed by atoms with Gasteiger partial charge in [0.15, 0.2) is 0 Å². The van der Waals surface area contributed by atoms with Crippen molar-refractivity contribution in [1.29, 1.82) is 0 Å². The fourth-order valence-electron chi connectivity index (χ4n) is 2.55. The first-order chi connectivity index (χ1) is 9.66. The van der Waals surface area contributed by atoms with E-state index in [2.05, 4.69) is 0 Å². The molecule has 0 atom stereocenters. The number of hydrogen-bond donors (Lipinski definition) is 1. The summed E-state index contributed by atoms with van der Waals surface area (Å²) in [5.41, 5.74) is 3.48. The van der Waals surface area contributed by atoms with Crippen molar-refractivity contribution in [2.45, 2.75) is 13.5 Å². The average Bonchev–Trinajstić information content (AvgIpc) is 2.81. The molecule has 3 heteroatoms. The normalized spacial score (nSPS) is 10.8. The molecule has 1 heterocycles. The summed E-state index contributed by atoms with van der Waals surface area (Å²) in [7, 11) is 0. The lowest BCUT2D eigenvalue weighted by molar-refractivity contribution is 0.0686. The predicted molar refractivity (Wildman–Crippen MR) is 79.2 cm³/mol. The van der Waals surface area contributed by atoms with Gasteiger partial charge in [0.25, 0.3) is 0 Å². The van der Waals surface area contributed by atoms with E-state index in [0.717, 1.165) is 22.0 Å². The zero-order chi connectivity index (χ0) is 14.1. The maximum atomic E-state index is 11.5. The SMILES string of the molecule is Cc1cccc2c1cc(C(=O)O)n2Cc1ccccc1. The van der Waals surface area contributed by atoms with Crippen LogP contribution in [0.2, 0.25) is 0 Å². The van der Waals surface area contributed by atoms with Crippen molar-refractivity contribution in [2.75, 3.05) is 0 Å². The molecule has 0 fully saturated rings. The van der Waals surface area contributed by atoms with Crippen molar-refractivity contribution < 1.29 is 9.90 Å². The van der Waals surface area contributed by atoms with Gasteiger partial charge in [0.1, 0.15) is 5.69 Å². The van der Waals surface area contributed by atoms with Crippen LogP contribution in [0.1, 0.15) is 21.6 Å². The van der Waals surface area contributed by atoms with Gasteiger partial charge in [0.2, 0.25) is 0 Å². The maximum absolute atomic E-state index is 11.5. The molecule has 2 aromatic carbocycles. The van der Waals surface area contributed by atoms with Gasteiger partial charge in [0, 0.05) is 17.4 Å². The zero-order valence-electron chi connectivity index (χ0n) is 11.2. The Morgan fingerprint density at radius 2 is 1.85 bits per heavy atom. The molecule has 0 amide bonds. The smallest absolute Gasteiger partial charge is 0.352 e. The highest BCUT2D eigenvalue weighted by molar-refractivity contribution is 5.95. The second kappa shape index (κ2) is 4.85. The molecular weight excluding hydrogens is 250 g/mol. The van der Waals surface area contributed by atoms with E-state index in [4.69, 9.17) is 0 Å². The fourth-order valence-corrected chi connectivity index (χ4v) is 2.55. The summed E-state index contributed by atoms with van der Waals surface area (Å²) in [6.07, 6.45) is 0. The van der Waals surface area contributed by atoms with Crippen molar-refractivity contribution >= 4 is 16.9 Å². The molecule has 3 rings (SSSR count). The number of aryl methyl sites for hydroxylation is 1. The summed E-state index contributed by atoms with van der Waals surface area (Å²) in [6.45, 7) is 2.57. The van der Waals surface area contributed by atoms with Gasteiger partial charge in [-0.2, -0.15) is 0 Å². The van der Waals surface area contributed by atoms with Crippen LogP contribution in [0.15, 0.2) is 54.6 Å². The molecule has 3 nitrogen and oxygen atoms in total. The highest BCUT2D eigenvalue weighted by atomic mass is 16.4. The minimum atomic E-state index is -0.892. The molecule has 1 aromatic heterocycles. The molecule has 20 heavy (non-hydrogen) atoms. The molecule has 3 aromatic rings. The fraction of sp³-hybridized carbons (Fsp3) is 0.118. The second-order valence-electron chi connectivity index (χ2n) is 4.91.